The lowest BCUT2D eigenvalue weighted by Crippen LogP contribution is -2.26. The fourth-order valence-corrected chi connectivity index (χ4v) is 3.13. The summed E-state index contributed by atoms with van der Waals surface area (Å²) in [6.07, 6.45) is 6.74. The molecule has 116 valence electrons. The lowest BCUT2D eigenvalue weighted by atomic mass is 10.1. The summed E-state index contributed by atoms with van der Waals surface area (Å²) in [5.41, 5.74) is 1.08. The van der Waals surface area contributed by atoms with Crippen LogP contribution in [0, 0.1) is 0 Å². The van der Waals surface area contributed by atoms with Crippen molar-refractivity contribution >= 4 is 28.2 Å². The number of likely N-dealkylation sites (N-methyl/N-ethyl adjacent to an activating group) is 1. The number of fused-ring (bicyclic) bond motifs is 1. The molecule has 1 aliphatic carbocycles. The Balaban J connectivity index is 1.92. The molecule has 0 bridgehead atoms. The summed E-state index contributed by atoms with van der Waals surface area (Å²) in [4.78, 5) is 17.0. The van der Waals surface area contributed by atoms with E-state index in [1.807, 2.05) is 6.07 Å². The van der Waals surface area contributed by atoms with Crippen molar-refractivity contribution in [3.63, 3.8) is 0 Å². The lowest BCUT2D eigenvalue weighted by molar-refractivity contribution is -0.135. The molecule has 22 heavy (non-hydrogen) atoms. The number of aromatic nitrogens is 1. The van der Waals surface area contributed by atoms with Gasteiger partial charge in [-0.1, -0.05) is 18.9 Å². The molecule has 0 saturated heterocycles. The summed E-state index contributed by atoms with van der Waals surface area (Å²) in [6.45, 7) is -0.0631. The van der Waals surface area contributed by atoms with Gasteiger partial charge in [0, 0.05) is 30.4 Å². The number of benzene rings is 1. The summed E-state index contributed by atoms with van der Waals surface area (Å²) in [5.74, 6) is -0.156. The maximum atomic E-state index is 10.9. The zero-order valence-electron chi connectivity index (χ0n) is 12.7. The summed E-state index contributed by atoms with van der Waals surface area (Å²) in [7, 11) is 1.76. The predicted molar refractivity (Wildman–Crippen MR) is 88.5 cm³/mol. The van der Waals surface area contributed by atoms with Crippen LogP contribution in [0.1, 0.15) is 25.7 Å². The van der Waals surface area contributed by atoms with E-state index >= 15 is 0 Å². The highest BCUT2D eigenvalue weighted by Crippen LogP contribution is 2.28. The number of hydrogen-bond acceptors (Lipinski definition) is 4. The third-order valence-electron chi connectivity index (χ3n) is 4.21. The molecule has 2 aromatic rings. The van der Waals surface area contributed by atoms with Crippen molar-refractivity contribution in [3.05, 3.63) is 30.5 Å². The Morgan fingerprint density at radius 1 is 1.36 bits per heavy atom. The average Bonchev–Trinajstić information content (AvgIpc) is 2.98. The molecule has 1 heterocycles. The smallest absolute Gasteiger partial charge is 0.323 e. The molecule has 0 atom stereocenters. The van der Waals surface area contributed by atoms with Gasteiger partial charge in [0.15, 0.2) is 0 Å². The molecule has 2 N–H and O–H groups in total. The van der Waals surface area contributed by atoms with Crippen molar-refractivity contribution in [2.75, 3.05) is 23.8 Å². The third kappa shape index (κ3) is 3.13. The summed E-state index contributed by atoms with van der Waals surface area (Å²) in [5, 5.41) is 14.6. The van der Waals surface area contributed by atoms with E-state index in [1.165, 1.54) is 25.7 Å². The number of rotatable bonds is 5. The van der Waals surface area contributed by atoms with Crippen molar-refractivity contribution in [3.8, 4) is 0 Å². The first-order chi connectivity index (χ1) is 10.6. The summed E-state index contributed by atoms with van der Waals surface area (Å²) < 4.78 is 0. The largest absolute Gasteiger partial charge is 0.480 e. The van der Waals surface area contributed by atoms with E-state index in [0.717, 1.165) is 16.5 Å². The molecule has 5 heteroatoms. The van der Waals surface area contributed by atoms with Crippen LogP contribution >= 0.6 is 0 Å². The Bertz CT molecular complexity index is 681. The molecular formula is C17H21N3O2. The Morgan fingerprint density at radius 2 is 2.14 bits per heavy atom. The van der Waals surface area contributed by atoms with Crippen LogP contribution in [-0.2, 0) is 4.79 Å². The van der Waals surface area contributed by atoms with Crippen molar-refractivity contribution in [1.82, 2.24) is 4.98 Å². The molecule has 0 radical (unpaired) electrons. The summed E-state index contributed by atoms with van der Waals surface area (Å²) in [6, 6.07) is 8.73. The Kier molecular flexibility index (Phi) is 4.13. The topological polar surface area (TPSA) is 65.5 Å². The monoisotopic (exact) mass is 299 g/mol. The quantitative estimate of drug-likeness (QED) is 0.888. The lowest BCUT2D eigenvalue weighted by Gasteiger charge is -2.19. The maximum absolute atomic E-state index is 10.9. The normalized spacial score (nSPS) is 15.1. The van der Waals surface area contributed by atoms with E-state index in [4.69, 9.17) is 5.11 Å². The van der Waals surface area contributed by atoms with Crippen molar-refractivity contribution < 1.29 is 9.90 Å². The van der Waals surface area contributed by atoms with Crippen LogP contribution < -0.4 is 10.2 Å². The van der Waals surface area contributed by atoms with Gasteiger partial charge in [0.25, 0.3) is 0 Å². The van der Waals surface area contributed by atoms with E-state index in [1.54, 1.807) is 18.1 Å². The number of pyridine rings is 1. The molecule has 1 saturated carbocycles. The zero-order valence-corrected chi connectivity index (χ0v) is 12.7. The number of nitrogens with one attached hydrogen (secondary N) is 1. The van der Waals surface area contributed by atoms with Gasteiger partial charge in [0.05, 0.1) is 0 Å². The first-order valence-corrected chi connectivity index (χ1v) is 7.72. The van der Waals surface area contributed by atoms with E-state index in [0.29, 0.717) is 11.9 Å². The minimum atomic E-state index is -0.860. The highest BCUT2D eigenvalue weighted by Gasteiger charge is 2.15. The van der Waals surface area contributed by atoms with Gasteiger partial charge in [-0.3, -0.25) is 4.79 Å². The maximum Gasteiger partial charge on any atom is 0.323 e. The molecule has 0 amide bonds. The van der Waals surface area contributed by atoms with Gasteiger partial charge in [-0.15, -0.1) is 0 Å². The highest BCUT2D eigenvalue weighted by molar-refractivity contribution is 5.95. The van der Waals surface area contributed by atoms with Gasteiger partial charge in [-0.05, 0) is 36.4 Å². The molecule has 1 aromatic heterocycles. The second kappa shape index (κ2) is 6.22. The molecule has 1 aliphatic rings. The predicted octanol–water partition coefficient (Wildman–Crippen LogP) is 3.11. The number of carboxylic acids is 1. The van der Waals surface area contributed by atoms with Crippen LogP contribution in [0.3, 0.4) is 0 Å². The molecule has 0 aliphatic heterocycles. The second-order valence-electron chi connectivity index (χ2n) is 5.95. The third-order valence-corrected chi connectivity index (χ3v) is 4.21. The molecule has 1 aromatic carbocycles. The summed E-state index contributed by atoms with van der Waals surface area (Å²) >= 11 is 0. The van der Waals surface area contributed by atoms with Crippen LogP contribution in [0.25, 0.3) is 10.8 Å². The fraction of sp³-hybridized carbons (Fsp3) is 0.412. The molecular weight excluding hydrogens is 278 g/mol. The molecule has 0 spiro atoms. The van der Waals surface area contributed by atoms with Crippen LogP contribution in [-0.4, -0.2) is 35.7 Å². The SMILES string of the molecule is CN(CC(=O)O)c1nccc2ccc(NC3CCCC3)cc12. The van der Waals surface area contributed by atoms with Gasteiger partial charge >= 0.3 is 5.97 Å². The average molecular weight is 299 g/mol. The number of hydrogen-bond donors (Lipinski definition) is 2. The number of anilines is 2. The van der Waals surface area contributed by atoms with E-state index in [2.05, 4.69) is 28.5 Å². The van der Waals surface area contributed by atoms with Gasteiger partial charge < -0.3 is 15.3 Å². The first-order valence-electron chi connectivity index (χ1n) is 7.72. The van der Waals surface area contributed by atoms with Crippen LogP contribution in [0.15, 0.2) is 30.5 Å². The second-order valence-corrected chi connectivity index (χ2v) is 5.95. The van der Waals surface area contributed by atoms with Crippen molar-refractivity contribution in [2.24, 2.45) is 0 Å². The number of carboxylic acid groups (broad SMARTS) is 1. The number of aliphatic carboxylic acids is 1. The zero-order chi connectivity index (χ0) is 15.5. The van der Waals surface area contributed by atoms with Gasteiger partial charge in [0.1, 0.15) is 12.4 Å². The fourth-order valence-electron chi connectivity index (χ4n) is 3.13. The van der Waals surface area contributed by atoms with Crippen LogP contribution in [0.4, 0.5) is 11.5 Å². The Labute approximate surface area is 130 Å². The number of nitrogens with zero attached hydrogens (tertiary/aromatic N) is 2. The minimum absolute atomic E-state index is 0.0631. The molecule has 0 unspecified atom stereocenters. The van der Waals surface area contributed by atoms with Crippen LogP contribution in [0.2, 0.25) is 0 Å². The molecule has 1 fully saturated rings. The van der Waals surface area contributed by atoms with E-state index in [9.17, 15) is 4.79 Å². The standard InChI is InChI=1S/C17H21N3O2/c1-20(11-16(21)22)17-15-10-14(19-13-4-2-3-5-13)7-6-12(15)8-9-18-17/h6-10,13,19H,2-5,11H2,1H3,(H,21,22). The molecule has 5 nitrogen and oxygen atoms in total. The van der Waals surface area contributed by atoms with Gasteiger partial charge in [-0.2, -0.15) is 0 Å². The highest BCUT2D eigenvalue weighted by atomic mass is 16.4. The van der Waals surface area contributed by atoms with Crippen molar-refractivity contribution in [1.29, 1.82) is 0 Å². The van der Waals surface area contributed by atoms with Gasteiger partial charge in [0.2, 0.25) is 0 Å². The minimum Gasteiger partial charge on any atom is -0.480 e. The molecule has 3 rings (SSSR count). The van der Waals surface area contributed by atoms with Crippen LogP contribution in [0.5, 0.6) is 0 Å². The first kappa shape index (κ1) is 14.6. The Morgan fingerprint density at radius 3 is 2.86 bits per heavy atom. The Hall–Kier alpha value is -2.30. The van der Waals surface area contributed by atoms with Crippen molar-refractivity contribution in [2.45, 2.75) is 31.7 Å². The van der Waals surface area contributed by atoms with E-state index < -0.39 is 5.97 Å². The number of carbonyl (C=O) groups is 1. The van der Waals surface area contributed by atoms with Gasteiger partial charge in [-0.25, -0.2) is 4.98 Å². The van der Waals surface area contributed by atoms with E-state index in [-0.39, 0.29) is 6.54 Å².